The minimum Gasteiger partial charge on any atom is -1.00 e. The zero-order valence-electron chi connectivity index (χ0n) is 26.4. The second-order valence-electron chi connectivity index (χ2n) is 11.7. The molecule has 7 unspecified atom stereocenters. The van der Waals surface area contributed by atoms with Gasteiger partial charge in [-0.3, -0.25) is 14.4 Å². The fourth-order valence-electron chi connectivity index (χ4n) is 5.11. The molecule has 7 atom stereocenters. The first kappa shape index (κ1) is 44.9. The van der Waals surface area contributed by atoms with E-state index in [4.69, 9.17) is 15.9 Å². The highest BCUT2D eigenvalue weighted by Gasteiger charge is 2.37. The van der Waals surface area contributed by atoms with Crippen LogP contribution in [0.5, 0.6) is 0 Å². The van der Waals surface area contributed by atoms with Gasteiger partial charge in [0.15, 0.2) is 0 Å². The highest BCUT2D eigenvalue weighted by atomic mass is 35.5. The van der Waals surface area contributed by atoms with Gasteiger partial charge in [-0.05, 0) is 32.1 Å². The van der Waals surface area contributed by atoms with E-state index >= 15 is 0 Å². The van der Waals surface area contributed by atoms with E-state index in [0.717, 1.165) is 30.1 Å². The third-order valence-corrected chi connectivity index (χ3v) is 8.45. The van der Waals surface area contributed by atoms with Crippen molar-refractivity contribution in [3.05, 3.63) is 0 Å². The van der Waals surface area contributed by atoms with Crippen molar-refractivity contribution >= 4 is 17.8 Å². The number of primary amides is 1. The summed E-state index contributed by atoms with van der Waals surface area (Å²) in [7, 11) is 4.72. The number of nitrogens with zero attached hydrogens (tertiary/aromatic N) is 1. The van der Waals surface area contributed by atoms with E-state index in [9.17, 15) is 14.4 Å². The maximum Gasteiger partial charge on any atom is 0.307 e. The molecule has 0 aromatic carbocycles. The van der Waals surface area contributed by atoms with Gasteiger partial charge in [-0.1, -0.05) is 55.4 Å². The van der Waals surface area contributed by atoms with Crippen LogP contribution in [0.4, 0.5) is 0 Å². The highest BCUT2D eigenvalue weighted by Crippen LogP contribution is 2.31. The number of amides is 1. The Morgan fingerprint density at radius 3 is 1.23 bits per heavy atom. The molecule has 2 rings (SSSR count). The van der Waals surface area contributed by atoms with Crippen molar-refractivity contribution in [3.63, 3.8) is 0 Å². The lowest BCUT2D eigenvalue weighted by atomic mass is 9.92. The van der Waals surface area contributed by atoms with Crippen LogP contribution in [0, 0.1) is 41.4 Å². The molecule has 2 aliphatic heterocycles. The molecule has 0 saturated carbocycles. The average molecular weight is 603 g/mol. The monoisotopic (exact) mass is 601 g/mol. The smallest absolute Gasteiger partial charge is 0.307 e. The molecule has 0 aromatic rings. The third-order valence-electron chi connectivity index (χ3n) is 8.45. The topological polar surface area (TPSA) is 134 Å². The summed E-state index contributed by atoms with van der Waals surface area (Å²) in [6.07, 6.45) is 6.36. The van der Waals surface area contributed by atoms with Crippen LogP contribution in [0.15, 0.2) is 0 Å². The molecular weight excluding hydrogens is 541 g/mol. The Bertz CT molecular complexity index is 625. The Balaban J connectivity index is -0.000000208. The van der Waals surface area contributed by atoms with Gasteiger partial charge in [-0.2, -0.15) is 0 Å². The summed E-state index contributed by atoms with van der Waals surface area (Å²) in [6.45, 7) is 21.4. The van der Waals surface area contributed by atoms with Gasteiger partial charge in [0.25, 0.3) is 0 Å². The van der Waals surface area contributed by atoms with E-state index in [1.54, 1.807) is 0 Å². The number of likely N-dealkylation sites (tertiary alicyclic amines) is 1. The van der Waals surface area contributed by atoms with Gasteiger partial charge in [0, 0.05) is 29.6 Å². The quantitative estimate of drug-likeness (QED) is 0.220. The van der Waals surface area contributed by atoms with E-state index in [1.807, 2.05) is 13.8 Å². The number of rotatable bonds is 9. The average Bonchev–Trinajstić information content (AvgIpc) is 3.45. The van der Waals surface area contributed by atoms with Crippen molar-refractivity contribution in [1.82, 2.24) is 0 Å². The first-order valence-corrected chi connectivity index (χ1v) is 14.5. The number of carboxylic acids is 2. The molecule has 0 aliphatic carbocycles. The van der Waals surface area contributed by atoms with Crippen molar-refractivity contribution < 1.29 is 59.2 Å². The zero-order chi connectivity index (χ0) is 29.3. The van der Waals surface area contributed by atoms with Crippen LogP contribution in [0.25, 0.3) is 0 Å². The molecule has 1 amide bonds. The number of aliphatic carboxylic acids is 2. The third kappa shape index (κ3) is 18.8. The summed E-state index contributed by atoms with van der Waals surface area (Å²) >= 11 is 0. The van der Waals surface area contributed by atoms with Crippen LogP contribution >= 0.6 is 0 Å². The minimum atomic E-state index is -1.07. The van der Waals surface area contributed by atoms with Gasteiger partial charge in [0.2, 0.25) is 5.91 Å². The number of nitrogens with two attached hydrogens (primary N) is 2. The van der Waals surface area contributed by atoms with Crippen molar-refractivity contribution in [2.24, 2.45) is 47.2 Å². The number of hydrogen-bond acceptors (Lipinski definition) is 3. The van der Waals surface area contributed by atoms with Crippen LogP contribution in [0.2, 0.25) is 0 Å². The van der Waals surface area contributed by atoms with Gasteiger partial charge < -0.3 is 50.6 Å². The molecule has 0 radical (unpaired) electrons. The lowest BCUT2D eigenvalue weighted by Crippen LogP contribution is -3.00. The number of carbonyl (C=O) groups is 3. The van der Waals surface area contributed by atoms with Crippen molar-refractivity contribution in [2.45, 2.75) is 87.5 Å². The van der Waals surface area contributed by atoms with E-state index < -0.39 is 23.8 Å². The van der Waals surface area contributed by atoms with Crippen LogP contribution in [0.3, 0.4) is 0 Å². The SMILES string of the molecule is CC(C(=O)O)C(C)C(=O)O.CCC(C)C(N)=O.CCC1C[N+](C)(C)CC1CC.CCC1C[NH2+]CC1CC.[Cl-].[Cl-]. The standard InChI is InChI=1S/C10H22N.C8H17N.C6H10O4.C5H11NO.2ClH/c1-5-9-7-11(3,4)8-10(9)6-2;1-3-7-5-9-6-8(7)4-2;1-3(5(7)8)4(2)6(9)10;1-3-4(2)5(6)7;;/h9-10H,5-8H2,1-4H3;7-9H,3-6H2,1-2H3;3-4H,1-2H3,(H,7,8)(H,9,10);4H,3H2,1-2H3,(H2,6,7);2*1H/q+1;;;;;/p-1. The predicted octanol–water partition coefficient (Wildman–Crippen LogP) is -2.30. The maximum atomic E-state index is 10.2. The van der Waals surface area contributed by atoms with E-state index in [1.165, 1.54) is 70.2 Å². The molecule has 236 valence electrons. The van der Waals surface area contributed by atoms with Crippen LogP contribution < -0.4 is 35.9 Å². The van der Waals surface area contributed by atoms with Gasteiger partial charge in [0.05, 0.1) is 52.1 Å². The Labute approximate surface area is 251 Å². The summed E-state index contributed by atoms with van der Waals surface area (Å²) in [6, 6.07) is 0. The Kier molecular flexibility index (Phi) is 27.2. The number of carboxylic acid groups (broad SMARTS) is 2. The molecule has 10 heteroatoms. The zero-order valence-corrected chi connectivity index (χ0v) is 27.9. The molecule has 2 aliphatic rings. The Hall–Kier alpha value is -1.09. The molecule has 2 saturated heterocycles. The van der Waals surface area contributed by atoms with E-state index in [0.29, 0.717) is 0 Å². The first-order chi connectivity index (χ1) is 17.1. The molecule has 2 fully saturated rings. The lowest BCUT2D eigenvalue weighted by Gasteiger charge is -2.23. The largest absolute Gasteiger partial charge is 1.00 e. The second kappa shape index (κ2) is 23.6. The maximum absolute atomic E-state index is 10.2. The molecule has 0 bridgehead atoms. The minimum absolute atomic E-state index is 0. The van der Waals surface area contributed by atoms with Gasteiger partial charge in [0.1, 0.15) is 0 Å². The van der Waals surface area contributed by atoms with E-state index in [-0.39, 0.29) is 36.6 Å². The van der Waals surface area contributed by atoms with Gasteiger partial charge in [-0.15, -0.1) is 0 Å². The van der Waals surface area contributed by atoms with Crippen molar-refractivity contribution in [3.8, 4) is 0 Å². The number of hydrogen-bond donors (Lipinski definition) is 4. The highest BCUT2D eigenvalue weighted by molar-refractivity contribution is 5.79. The second-order valence-corrected chi connectivity index (χ2v) is 11.7. The van der Waals surface area contributed by atoms with Crippen LogP contribution in [0.1, 0.15) is 87.5 Å². The van der Waals surface area contributed by atoms with Gasteiger partial charge in [-0.25, -0.2) is 0 Å². The van der Waals surface area contributed by atoms with Crippen molar-refractivity contribution in [2.75, 3.05) is 40.3 Å². The summed E-state index contributed by atoms with van der Waals surface area (Å²) in [5, 5.41) is 19.1. The molecule has 8 nitrogen and oxygen atoms in total. The summed E-state index contributed by atoms with van der Waals surface area (Å²) in [4.78, 5) is 30.5. The number of carbonyl (C=O) groups excluding carboxylic acids is 1. The Morgan fingerprint density at radius 2 is 1.05 bits per heavy atom. The molecule has 0 spiro atoms. The van der Waals surface area contributed by atoms with E-state index in [2.05, 4.69) is 47.1 Å². The summed E-state index contributed by atoms with van der Waals surface area (Å²) < 4.78 is 1.25. The molecule has 2 heterocycles. The van der Waals surface area contributed by atoms with Gasteiger partial charge >= 0.3 is 11.9 Å². The summed E-state index contributed by atoms with van der Waals surface area (Å²) in [5.74, 6) is 0.0808. The molecule has 0 aromatic heterocycles. The number of quaternary nitrogens is 2. The molecular formula is C29H61Cl2N3O5. The molecule has 39 heavy (non-hydrogen) atoms. The lowest BCUT2D eigenvalue weighted by molar-refractivity contribution is -0.880. The summed E-state index contributed by atoms with van der Waals surface area (Å²) in [5.41, 5.74) is 4.91. The molecule has 6 N–H and O–H groups in total. The Morgan fingerprint density at radius 1 is 0.744 bits per heavy atom. The normalized spacial score (nSPS) is 24.8. The number of halogens is 2. The fraction of sp³-hybridized carbons (Fsp3) is 0.897. The fourth-order valence-corrected chi connectivity index (χ4v) is 5.11. The van der Waals surface area contributed by atoms with Crippen LogP contribution in [-0.4, -0.2) is 72.8 Å². The van der Waals surface area contributed by atoms with Crippen LogP contribution in [-0.2, 0) is 14.4 Å². The predicted molar refractivity (Wildman–Crippen MR) is 151 cm³/mol. The first-order valence-electron chi connectivity index (χ1n) is 14.5. The van der Waals surface area contributed by atoms with Crippen molar-refractivity contribution in [1.29, 1.82) is 0 Å².